The average molecular weight is 332 g/mol. The zero-order chi connectivity index (χ0) is 16.9. The van der Waals surface area contributed by atoms with Gasteiger partial charge >= 0.3 is 0 Å². The van der Waals surface area contributed by atoms with Crippen LogP contribution in [0.15, 0.2) is 17.2 Å². The Kier molecular flexibility index (Phi) is 5.37. The first kappa shape index (κ1) is 16.8. The smallest absolute Gasteiger partial charge is 0.251 e. The molecular formula is C16H24N6O2. The van der Waals surface area contributed by atoms with Crippen molar-refractivity contribution in [3.05, 3.63) is 40.1 Å². The monoisotopic (exact) mass is 332 g/mol. The summed E-state index contributed by atoms with van der Waals surface area (Å²) in [6.07, 6.45) is 3.59. The predicted octanol–water partition coefficient (Wildman–Crippen LogP) is 0.907. The first-order valence-corrected chi connectivity index (χ1v) is 8.37. The lowest BCUT2D eigenvalue weighted by molar-refractivity contribution is 0.175. The molecule has 8 nitrogen and oxygen atoms in total. The molecule has 1 saturated heterocycles. The van der Waals surface area contributed by atoms with Gasteiger partial charge in [0, 0.05) is 25.6 Å². The minimum absolute atomic E-state index is 0.106. The molecule has 3 rings (SSSR count). The average Bonchev–Trinajstić information content (AvgIpc) is 3.02. The number of H-pyrrole nitrogens is 1. The summed E-state index contributed by atoms with van der Waals surface area (Å²) in [5.41, 5.74) is 0.771. The summed E-state index contributed by atoms with van der Waals surface area (Å²) in [4.78, 5) is 25.8. The van der Waals surface area contributed by atoms with Crippen LogP contribution < -0.4 is 5.56 Å². The van der Waals surface area contributed by atoms with Crippen LogP contribution in [0.3, 0.4) is 0 Å². The number of ether oxygens (including phenoxy) is 1. The molecule has 1 N–H and O–H groups in total. The molecule has 0 radical (unpaired) electrons. The van der Waals surface area contributed by atoms with Crippen LogP contribution in [0, 0.1) is 0 Å². The summed E-state index contributed by atoms with van der Waals surface area (Å²) in [6, 6.07) is 1.62. The molecule has 0 amide bonds. The topological polar surface area (TPSA) is 88.9 Å². The Morgan fingerprint density at radius 3 is 2.88 bits per heavy atom. The molecule has 2 aromatic heterocycles. The van der Waals surface area contributed by atoms with E-state index in [1.165, 1.54) is 0 Å². The van der Waals surface area contributed by atoms with E-state index < -0.39 is 0 Å². The zero-order valence-electron chi connectivity index (χ0n) is 14.2. The van der Waals surface area contributed by atoms with E-state index in [1.54, 1.807) is 19.5 Å². The normalized spacial score (nSPS) is 16.6. The first-order chi connectivity index (χ1) is 11.7. The second-order valence-electron chi connectivity index (χ2n) is 6.09. The molecule has 0 aromatic carbocycles. The van der Waals surface area contributed by atoms with E-state index in [0.717, 1.165) is 50.5 Å². The highest BCUT2D eigenvalue weighted by Gasteiger charge is 2.23. The fourth-order valence-electron chi connectivity index (χ4n) is 3.20. The minimum atomic E-state index is -0.106. The van der Waals surface area contributed by atoms with Gasteiger partial charge in [0.05, 0.1) is 12.2 Å². The van der Waals surface area contributed by atoms with Crippen LogP contribution >= 0.6 is 0 Å². The molecule has 8 heteroatoms. The molecule has 0 atom stereocenters. The SMILES string of the molecule is CCn1ncnc1CN1CCC(c2cc(=O)[nH]c(COC)n2)CC1. The summed E-state index contributed by atoms with van der Waals surface area (Å²) < 4.78 is 7.00. The van der Waals surface area contributed by atoms with Crippen molar-refractivity contribution in [2.45, 2.75) is 45.4 Å². The van der Waals surface area contributed by atoms with E-state index in [9.17, 15) is 4.79 Å². The van der Waals surface area contributed by atoms with Gasteiger partial charge in [0.1, 0.15) is 24.6 Å². The first-order valence-electron chi connectivity index (χ1n) is 8.37. The van der Waals surface area contributed by atoms with Crippen LogP contribution in [0.5, 0.6) is 0 Å². The van der Waals surface area contributed by atoms with Crippen molar-refractivity contribution in [1.29, 1.82) is 0 Å². The number of hydrogen-bond donors (Lipinski definition) is 1. The number of rotatable bonds is 6. The van der Waals surface area contributed by atoms with Gasteiger partial charge in [0.25, 0.3) is 5.56 Å². The fourth-order valence-corrected chi connectivity index (χ4v) is 3.20. The molecule has 3 heterocycles. The van der Waals surface area contributed by atoms with Crippen LogP contribution in [-0.2, 0) is 24.4 Å². The van der Waals surface area contributed by atoms with Crippen LogP contribution in [0.4, 0.5) is 0 Å². The number of aromatic nitrogens is 5. The van der Waals surface area contributed by atoms with Gasteiger partial charge in [-0.1, -0.05) is 0 Å². The van der Waals surface area contributed by atoms with Gasteiger partial charge in [-0.2, -0.15) is 5.10 Å². The Labute approximate surface area is 140 Å². The van der Waals surface area contributed by atoms with Gasteiger partial charge in [-0.25, -0.2) is 14.6 Å². The van der Waals surface area contributed by atoms with Gasteiger partial charge < -0.3 is 9.72 Å². The Hall–Kier alpha value is -2.06. The van der Waals surface area contributed by atoms with Crippen molar-refractivity contribution in [2.24, 2.45) is 0 Å². The van der Waals surface area contributed by atoms with E-state index in [0.29, 0.717) is 18.3 Å². The van der Waals surface area contributed by atoms with Gasteiger partial charge in [0.2, 0.25) is 0 Å². The third kappa shape index (κ3) is 3.88. The van der Waals surface area contributed by atoms with Gasteiger partial charge in [-0.15, -0.1) is 0 Å². The molecule has 1 aliphatic rings. The standard InChI is InChI=1S/C16H24N6O2/c1-3-22-15(17-11-18-22)9-21-6-4-12(5-7-21)13-8-16(23)20-14(19-13)10-24-2/h8,11-12H,3-7,9-10H2,1-2H3,(H,19,20,23). The van der Waals surface area contributed by atoms with Gasteiger partial charge in [0.15, 0.2) is 0 Å². The van der Waals surface area contributed by atoms with E-state index in [4.69, 9.17) is 4.74 Å². The second-order valence-corrected chi connectivity index (χ2v) is 6.09. The summed E-state index contributed by atoms with van der Waals surface area (Å²) >= 11 is 0. The Morgan fingerprint density at radius 2 is 2.17 bits per heavy atom. The van der Waals surface area contributed by atoms with Crippen molar-refractivity contribution in [3.8, 4) is 0 Å². The van der Waals surface area contributed by atoms with Crippen LogP contribution in [0.2, 0.25) is 0 Å². The molecule has 0 saturated carbocycles. The molecule has 0 bridgehead atoms. The van der Waals surface area contributed by atoms with Crippen LogP contribution in [-0.4, -0.2) is 49.8 Å². The summed E-state index contributed by atoms with van der Waals surface area (Å²) in [5, 5.41) is 4.22. The second kappa shape index (κ2) is 7.67. The zero-order valence-corrected chi connectivity index (χ0v) is 14.2. The minimum Gasteiger partial charge on any atom is -0.377 e. The summed E-state index contributed by atoms with van der Waals surface area (Å²) in [7, 11) is 1.60. The molecule has 1 fully saturated rings. The van der Waals surface area contributed by atoms with Gasteiger partial charge in [-0.3, -0.25) is 9.69 Å². The Balaban J connectivity index is 1.62. The van der Waals surface area contributed by atoms with E-state index in [-0.39, 0.29) is 5.56 Å². The van der Waals surface area contributed by atoms with Crippen molar-refractivity contribution < 1.29 is 4.74 Å². The molecule has 0 spiro atoms. The molecule has 2 aromatic rings. The van der Waals surface area contributed by atoms with E-state index in [2.05, 4.69) is 31.9 Å². The number of aromatic amines is 1. The molecule has 0 aliphatic carbocycles. The highest BCUT2D eigenvalue weighted by atomic mass is 16.5. The molecule has 24 heavy (non-hydrogen) atoms. The largest absolute Gasteiger partial charge is 0.377 e. The Morgan fingerprint density at radius 1 is 1.38 bits per heavy atom. The maximum Gasteiger partial charge on any atom is 0.251 e. The Bertz CT molecular complexity index is 717. The fraction of sp³-hybridized carbons (Fsp3) is 0.625. The third-order valence-electron chi connectivity index (χ3n) is 4.46. The van der Waals surface area contributed by atoms with Crippen molar-refractivity contribution in [3.63, 3.8) is 0 Å². The summed E-state index contributed by atoms with van der Waals surface area (Å²) in [6.45, 7) is 5.99. The maximum atomic E-state index is 11.8. The summed E-state index contributed by atoms with van der Waals surface area (Å²) in [5.74, 6) is 1.93. The number of likely N-dealkylation sites (tertiary alicyclic amines) is 1. The number of methoxy groups -OCH3 is 1. The molecular weight excluding hydrogens is 308 g/mol. The highest BCUT2D eigenvalue weighted by Crippen LogP contribution is 2.26. The highest BCUT2D eigenvalue weighted by molar-refractivity contribution is 5.10. The van der Waals surface area contributed by atoms with Crippen LogP contribution in [0.1, 0.15) is 43.0 Å². The van der Waals surface area contributed by atoms with E-state index in [1.807, 2.05) is 4.68 Å². The number of nitrogens with zero attached hydrogens (tertiary/aromatic N) is 5. The third-order valence-corrected chi connectivity index (χ3v) is 4.46. The van der Waals surface area contributed by atoms with Crippen molar-refractivity contribution >= 4 is 0 Å². The van der Waals surface area contributed by atoms with Crippen molar-refractivity contribution in [2.75, 3.05) is 20.2 Å². The lowest BCUT2D eigenvalue weighted by Crippen LogP contribution is -2.34. The number of piperidine rings is 1. The van der Waals surface area contributed by atoms with Gasteiger partial charge in [-0.05, 0) is 32.9 Å². The lowest BCUT2D eigenvalue weighted by Gasteiger charge is -2.31. The lowest BCUT2D eigenvalue weighted by atomic mass is 9.93. The maximum absolute atomic E-state index is 11.8. The quantitative estimate of drug-likeness (QED) is 0.846. The molecule has 0 unspecified atom stereocenters. The van der Waals surface area contributed by atoms with Crippen LogP contribution in [0.25, 0.3) is 0 Å². The molecule has 130 valence electrons. The van der Waals surface area contributed by atoms with Crippen molar-refractivity contribution in [1.82, 2.24) is 29.6 Å². The molecule has 1 aliphatic heterocycles. The number of aryl methyl sites for hydroxylation is 1. The van der Waals surface area contributed by atoms with E-state index >= 15 is 0 Å². The predicted molar refractivity (Wildman–Crippen MR) is 88.5 cm³/mol. The number of nitrogens with one attached hydrogen (secondary N) is 1. The number of hydrogen-bond acceptors (Lipinski definition) is 6.